The van der Waals surface area contributed by atoms with Crippen LogP contribution in [0.1, 0.15) is 31.0 Å². The molecule has 0 saturated carbocycles. The van der Waals surface area contributed by atoms with Gasteiger partial charge in [-0.2, -0.15) is 11.8 Å². The summed E-state index contributed by atoms with van der Waals surface area (Å²) in [5, 5.41) is 0.570. The molecule has 1 fully saturated rings. The van der Waals surface area contributed by atoms with Gasteiger partial charge in [-0.3, -0.25) is 9.69 Å². The molecule has 2 atom stereocenters. The van der Waals surface area contributed by atoms with Crippen molar-refractivity contribution in [1.29, 1.82) is 0 Å². The summed E-state index contributed by atoms with van der Waals surface area (Å²) < 4.78 is 0. The maximum Gasteiger partial charge on any atom is 0.237 e. The van der Waals surface area contributed by atoms with Crippen LogP contribution in [0.3, 0.4) is 0 Å². The maximum atomic E-state index is 13.1. The second kappa shape index (κ2) is 8.74. The Morgan fingerprint density at radius 3 is 2.15 bits per heavy atom. The van der Waals surface area contributed by atoms with Crippen LogP contribution < -0.4 is 0 Å². The van der Waals surface area contributed by atoms with Crippen molar-refractivity contribution >= 4 is 17.7 Å². The Hall–Kier alpha value is -1.78. The lowest BCUT2D eigenvalue weighted by atomic mass is 9.97. The Morgan fingerprint density at radius 2 is 1.62 bits per heavy atom. The SMILES string of the molecule is CC1SCCN(CC(=O)N(C)C(c2ccccc2)c2ccccc2)C1C. The highest BCUT2D eigenvalue weighted by molar-refractivity contribution is 8.00. The number of carbonyl (C=O) groups is 1. The first-order valence-electron chi connectivity index (χ1n) is 9.29. The van der Waals surface area contributed by atoms with E-state index in [1.807, 2.05) is 60.1 Å². The highest BCUT2D eigenvalue weighted by Gasteiger charge is 2.30. The summed E-state index contributed by atoms with van der Waals surface area (Å²) in [5.41, 5.74) is 2.29. The molecule has 1 saturated heterocycles. The van der Waals surface area contributed by atoms with E-state index in [1.54, 1.807) is 0 Å². The van der Waals surface area contributed by atoms with Gasteiger partial charge in [0.1, 0.15) is 0 Å². The lowest BCUT2D eigenvalue weighted by molar-refractivity contribution is -0.133. The number of carbonyl (C=O) groups excluding carboxylic acids is 1. The number of benzene rings is 2. The number of hydrogen-bond acceptors (Lipinski definition) is 3. The fourth-order valence-corrected chi connectivity index (χ4v) is 4.72. The van der Waals surface area contributed by atoms with Gasteiger partial charge in [0, 0.05) is 30.6 Å². The van der Waals surface area contributed by atoms with E-state index in [4.69, 9.17) is 0 Å². The molecule has 2 aromatic rings. The molecule has 4 heteroatoms. The molecule has 1 amide bonds. The Bertz CT molecular complexity index is 667. The number of likely N-dealkylation sites (N-methyl/N-ethyl adjacent to an activating group) is 1. The third-order valence-corrected chi connectivity index (χ3v) is 6.70. The third-order valence-electron chi connectivity index (χ3n) is 5.36. The molecule has 26 heavy (non-hydrogen) atoms. The van der Waals surface area contributed by atoms with E-state index in [1.165, 1.54) is 0 Å². The van der Waals surface area contributed by atoms with Crippen LogP contribution in [-0.4, -0.2) is 52.9 Å². The largest absolute Gasteiger partial charge is 0.334 e. The molecule has 1 aliphatic heterocycles. The molecule has 3 nitrogen and oxygen atoms in total. The maximum absolute atomic E-state index is 13.1. The molecule has 0 spiro atoms. The Morgan fingerprint density at radius 1 is 1.08 bits per heavy atom. The van der Waals surface area contributed by atoms with Crippen molar-refractivity contribution in [3.05, 3.63) is 71.8 Å². The fraction of sp³-hybridized carbons (Fsp3) is 0.409. The number of amides is 1. The third kappa shape index (κ3) is 4.30. The minimum atomic E-state index is -0.0585. The topological polar surface area (TPSA) is 23.6 Å². The van der Waals surface area contributed by atoms with E-state index in [0.717, 1.165) is 23.4 Å². The zero-order chi connectivity index (χ0) is 18.5. The zero-order valence-electron chi connectivity index (χ0n) is 15.8. The molecule has 0 aromatic heterocycles. The van der Waals surface area contributed by atoms with E-state index in [2.05, 4.69) is 43.0 Å². The molecule has 0 radical (unpaired) electrons. The summed E-state index contributed by atoms with van der Waals surface area (Å²) in [6, 6.07) is 21.0. The second-order valence-corrected chi connectivity index (χ2v) is 8.50. The summed E-state index contributed by atoms with van der Waals surface area (Å²) in [6.45, 7) is 5.96. The van der Waals surface area contributed by atoms with Crippen molar-refractivity contribution < 1.29 is 4.79 Å². The molecular weight excluding hydrogens is 340 g/mol. The predicted molar refractivity (Wildman–Crippen MR) is 110 cm³/mol. The minimum absolute atomic E-state index is 0.0585. The van der Waals surface area contributed by atoms with Gasteiger partial charge in [0.05, 0.1) is 12.6 Å². The van der Waals surface area contributed by atoms with Gasteiger partial charge < -0.3 is 4.90 Å². The normalized spacial score (nSPS) is 20.9. The molecule has 1 aliphatic rings. The molecular formula is C22H28N2OS. The number of thioether (sulfide) groups is 1. The van der Waals surface area contributed by atoms with Crippen LogP contribution >= 0.6 is 11.8 Å². The quantitative estimate of drug-likeness (QED) is 0.795. The lowest BCUT2D eigenvalue weighted by Crippen LogP contribution is -2.49. The van der Waals surface area contributed by atoms with Crippen molar-refractivity contribution in [2.75, 3.05) is 25.9 Å². The Labute approximate surface area is 161 Å². The second-order valence-electron chi connectivity index (χ2n) is 7.02. The van der Waals surface area contributed by atoms with Crippen LogP contribution in [0.25, 0.3) is 0 Å². The Kier molecular flexibility index (Phi) is 6.38. The summed E-state index contributed by atoms with van der Waals surface area (Å²) in [4.78, 5) is 17.4. The lowest BCUT2D eigenvalue weighted by Gasteiger charge is -2.38. The smallest absolute Gasteiger partial charge is 0.237 e. The summed E-state index contributed by atoms with van der Waals surface area (Å²) >= 11 is 2.00. The van der Waals surface area contributed by atoms with Crippen molar-refractivity contribution in [2.24, 2.45) is 0 Å². The van der Waals surface area contributed by atoms with Gasteiger partial charge in [-0.05, 0) is 18.1 Å². The minimum Gasteiger partial charge on any atom is -0.334 e. The van der Waals surface area contributed by atoms with Gasteiger partial charge in [-0.25, -0.2) is 0 Å². The molecule has 2 unspecified atom stereocenters. The highest BCUT2D eigenvalue weighted by atomic mass is 32.2. The van der Waals surface area contributed by atoms with E-state index >= 15 is 0 Å². The Balaban J connectivity index is 1.81. The first kappa shape index (κ1) is 19.0. The van der Waals surface area contributed by atoms with Gasteiger partial charge >= 0.3 is 0 Å². The molecule has 1 heterocycles. The van der Waals surface area contributed by atoms with Crippen molar-refractivity contribution in [3.8, 4) is 0 Å². The summed E-state index contributed by atoms with van der Waals surface area (Å²) in [7, 11) is 1.93. The number of hydrogen-bond donors (Lipinski definition) is 0. The number of nitrogens with zero attached hydrogens (tertiary/aromatic N) is 2. The molecule has 138 valence electrons. The predicted octanol–water partition coefficient (Wildman–Crippen LogP) is 4.06. The molecule has 0 aliphatic carbocycles. The number of rotatable bonds is 5. The first-order chi connectivity index (χ1) is 12.6. The molecule has 3 rings (SSSR count). The van der Waals surface area contributed by atoms with Crippen LogP contribution in [-0.2, 0) is 4.79 Å². The summed E-state index contributed by atoms with van der Waals surface area (Å²) in [5.74, 6) is 1.28. The van der Waals surface area contributed by atoms with Crippen molar-refractivity contribution in [1.82, 2.24) is 9.80 Å². The van der Waals surface area contributed by atoms with E-state index in [-0.39, 0.29) is 11.9 Å². The van der Waals surface area contributed by atoms with E-state index in [0.29, 0.717) is 17.8 Å². The standard InChI is InChI=1S/C22H28N2OS/c1-17-18(2)26-15-14-24(17)16-21(25)23(3)22(19-10-6-4-7-11-19)20-12-8-5-9-13-20/h4-13,17-18,22H,14-16H2,1-3H3. The van der Waals surface area contributed by atoms with Crippen LogP contribution in [0.2, 0.25) is 0 Å². The average molecular weight is 369 g/mol. The van der Waals surface area contributed by atoms with E-state index < -0.39 is 0 Å². The van der Waals surface area contributed by atoms with E-state index in [9.17, 15) is 4.79 Å². The van der Waals surface area contributed by atoms with Gasteiger partial charge in [0.25, 0.3) is 0 Å². The highest BCUT2D eigenvalue weighted by Crippen LogP contribution is 2.29. The van der Waals surface area contributed by atoms with Crippen LogP contribution in [0, 0.1) is 0 Å². The van der Waals surface area contributed by atoms with Gasteiger partial charge in [0.15, 0.2) is 0 Å². The van der Waals surface area contributed by atoms with Crippen LogP contribution in [0.15, 0.2) is 60.7 Å². The van der Waals surface area contributed by atoms with Crippen molar-refractivity contribution in [2.45, 2.75) is 31.2 Å². The van der Waals surface area contributed by atoms with Gasteiger partial charge in [-0.1, -0.05) is 67.6 Å². The molecule has 0 bridgehead atoms. The average Bonchev–Trinajstić information content (AvgIpc) is 2.67. The molecule has 0 N–H and O–H groups in total. The monoisotopic (exact) mass is 368 g/mol. The fourth-order valence-electron chi connectivity index (χ4n) is 3.56. The molecule has 2 aromatic carbocycles. The first-order valence-corrected chi connectivity index (χ1v) is 10.3. The van der Waals surface area contributed by atoms with Crippen molar-refractivity contribution in [3.63, 3.8) is 0 Å². The van der Waals surface area contributed by atoms with Gasteiger partial charge in [-0.15, -0.1) is 0 Å². The zero-order valence-corrected chi connectivity index (χ0v) is 16.7. The van der Waals surface area contributed by atoms with Crippen LogP contribution in [0.5, 0.6) is 0 Å². The van der Waals surface area contributed by atoms with Crippen LogP contribution in [0.4, 0.5) is 0 Å². The summed E-state index contributed by atoms with van der Waals surface area (Å²) in [6.07, 6.45) is 0. The van der Waals surface area contributed by atoms with Gasteiger partial charge in [0.2, 0.25) is 5.91 Å².